The first kappa shape index (κ1) is 18.1. The molecule has 0 saturated carbocycles. The standard InChI is InChI=1S/Cu.Mn.O.V. The first-order valence-electron chi connectivity index (χ1n) is 0.183. The summed E-state index contributed by atoms with van der Waals surface area (Å²) in [6.07, 6.45) is 0. The van der Waals surface area contributed by atoms with Crippen molar-refractivity contribution in [1.82, 2.24) is 0 Å². The van der Waals surface area contributed by atoms with Crippen LogP contribution in [0.15, 0.2) is 0 Å². The first-order chi connectivity index (χ1) is 1.00. The molecule has 0 aromatic rings. The van der Waals surface area contributed by atoms with Crippen LogP contribution in [-0.4, -0.2) is 0 Å². The molecule has 0 aliphatic carbocycles. The van der Waals surface area contributed by atoms with Gasteiger partial charge < -0.3 is 0 Å². The van der Waals surface area contributed by atoms with E-state index in [0.717, 1.165) is 17.4 Å². The molecular formula is CuMnOV. The van der Waals surface area contributed by atoms with Crippen LogP contribution in [0.25, 0.3) is 0 Å². The second-order valence-corrected chi connectivity index (χ2v) is 0. The minimum atomic E-state index is 0. The van der Waals surface area contributed by atoms with E-state index in [1.807, 2.05) is 0 Å². The summed E-state index contributed by atoms with van der Waals surface area (Å²) in [6.45, 7) is 0. The normalized spacial score (nSPS) is 0.750. The molecule has 1 nitrogen and oxygen atoms in total. The fourth-order valence-electron chi connectivity index (χ4n) is 0. The van der Waals surface area contributed by atoms with Crippen LogP contribution in [0.4, 0.5) is 0 Å². The number of rotatable bonds is 0. The molecule has 4 heteroatoms. The van der Waals surface area contributed by atoms with Crippen molar-refractivity contribution in [1.29, 1.82) is 0 Å². The topological polar surface area (TPSA) is 17.1 Å². The van der Waals surface area contributed by atoms with Gasteiger partial charge in [0, 0.05) is 34.1 Å². The Bertz CT molecular complexity index is 8.00. The van der Waals surface area contributed by atoms with Crippen LogP contribution >= 0.6 is 0 Å². The predicted molar refractivity (Wildman–Crippen MR) is 0.686 cm³/mol. The Morgan fingerprint density at radius 1 is 1.25 bits per heavy atom. The maximum absolute atomic E-state index is 8.19. The molecule has 0 aromatic carbocycles. The van der Waals surface area contributed by atoms with Gasteiger partial charge >= 0.3 is 21.0 Å². The Morgan fingerprint density at radius 3 is 1.25 bits per heavy atom. The SMILES string of the molecule is [Cu].[Mn].[O]=[V]. The Kier molecular flexibility index (Phi) is 116. The van der Waals surface area contributed by atoms with Crippen molar-refractivity contribution >= 4 is 0 Å². The van der Waals surface area contributed by atoms with Gasteiger partial charge in [-0.25, -0.2) is 0 Å². The predicted octanol–water partition coefficient (Wildman–Crippen LogP) is -0.126. The molecule has 29 valence electrons. The van der Waals surface area contributed by atoms with Gasteiger partial charge in [0.15, 0.2) is 0 Å². The van der Waals surface area contributed by atoms with Gasteiger partial charge in [0.25, 0.3) is 0 Å². The van der Waals surface area contributed by atoms with E-state index in [1.165, 1.54) is 0 Å². The van der Waals surface area contributed by atoms with Gasteiger partial charge in [-0.3, -0.25) is 0 Å². The molecular weight excluding hydrogens is 185 g/mol. The summed E-state index contributed by atoms with van der Waals surface area (Å²) in [7, 11) is 0. The van der Waals surface area contributed by atoms with Crippen LogP contribution in [0, 0.1) is 0 Å². The molecule has 0 heterocycles. The molecule has 0 rings (SSSR count). The zero-order chi connectivity index (χ0) is 2.00. The van der Waals surface area contributed by atoms with Crippen LogP contribution in [0.5, 0.6) is 0 Å². The molecule has 4 heavy (non-hydrogen) atoms. The first-order valence-corrected chi connectivity index (χ1v) is 0.753. The average Bonchev–Trinajstić information content (AvgIpc) is 1.00. The molecule has 0 amide bonds. The monoisotopic (exact) mass is 185 g/mol. The molecule has 0 aliphatic rings. The molecule has 0 N–H and O–H groups in total. The molecule has 2 radical (unpaired) electrons. The third kappa shape index (κ3) is 9.92. The zero-order valence-corrected chi connectivity index (χ0v) is 5.05. The Hall–Kier alpha value is 1.42. The van der Waals surface area contributed by atoms with E-state index in [-0.39, 0.29) is 34.1 Å². The van der Waals surface area contributed by atoms with E-state index in [9.17, 15) is 0 Å². The summed E-state index contributed by atoms with van der Waals surface area (Å²) in [4.78, 5) is 0. The van der Waals surface area contributed by atoms with Crippen molar-refractivity contribution in [3.63, 3.8) is 0 Å². The molecule has 0 atom stereocenters. The van der Waals surface area contributed by atoms with Crippen molar-refractivity contribution in [3.8, 4) is 0 Å². The molecule has 0 aliphatic heterocycles. The van der Waals surface area contributed by atoms with Gasteiger partial charge in [0.1, 0.15) is 0 Å². The van der Waals surface area contributed by atoms with Crippen molar-refractivity contribution < 1.29 is 55.2 Å². The molecule has 0 fully saturated rings. The Morgan fingerprint density at radius 2 is 1.25 bits per heavy atom. The van der Waals surface area contributed by atoms with Gasteiger partial charge in [0.2, 0.25) is 0 Å². The van der Waals surface area contributed by atoms with E-state index >= 15 is 0 Å². The average molecular weight is 185 g/mol. The zero-order valence-electron chi connectivity index (χ0n) is 1.53. The minimum absolute atomic E-state index is 0. The van der Waals surface area contributed by atoms with Crippen LogP contribution in [-0.2, 0) is 55.2 Å². The van der Waals surface area contributed by atoms with E-state index in [2.05, 4.69) is 0 Å². The van der Waals surface area contributed by atoms with Crippen LogP contribution in [0.2, 0.25) is 0 Å². The fourth-order valence-corrected chi connectivity index (χ4v) is 0. The van der Waals surface area contributed by atoms with Crippen molar-refractivity contribution in [2.24, 2.45) is 0 Å². The van der Waals surface area contributed by atoms with Gasteiger partial charge in [-0.05, 0) is 0 Å². The molecule has 0 unspecified atom stereocenters. The van der Waals surface area contributed by atoms with E-state index in [4.69, 9.17) is 3.67 Å². The Balaban J connectivity index is -0.00000000500. The number of hydrogen-bond donors (Lipinski definition) is 0. The third-order valence-electron chi connectivity index (χ3n) is 0. The van der Waals surface area contributed by atoms with Crippen molar-refractivity contribution in [2.45, 2.75) is 0 Å². The van der Waals surface area contributed by atoms with Gasteiger partial charge in [-0.1, -0.05) is 0 Å². The summed E-state index contributed by atoms with van der Waals surface area (Å²) in [5.74, 6) is 0. The summed E-state index contributed by atoms with van der Waals surface area (Å²) in [5, 5.41) is 0. The number of hydrogen-bond acceptors (Lipinski definition) is 1. The Labute approximate surface area is 55.1 Å². The summed E-state index contributed by atoms with van der Waals surface area (Å²) in [6, 6.07) is 0. The van der Waals surface area contributed by atoms with E-state index in [1.54, 1.807) is 0 Å². The fraction of sp³-hybridized carbons (Fsp3) is 0. The van der Waals surface area contributed by atoms with Crippen LogP contribution < -0.4 is 0 Å². The van der Waals surface area contributed by atoms with E-state index < -0.39 is 0 Å². The third-order valence-corrected chi connectivity index (χ3v) is 0. The van der Waals surface area contributed by atoms with Crippen molar-refractivity contribution in [2.75, 3.05) is 0 Å². The summed E-state index contributed by atoms with van der Waals surface area (Å²) in [5.41, 5.74) is 0. The van der Waals surface area contributed by atoms with Gasteiger partial charge in [-0.15, -0.1) is 0 Å². The molecule has 0 bridgehead atoms. The summed E-state index contributed by atoms with van der Waals surface area (Å²) >= 11 is 1.06. The molecule has 0 aromatic heterocycles. The second kappa shape index (κ2) is 25.6. The molecule has 0 saturated heterocycles. The van der Waals surface area contributed by atoms with Crippen molar-refractivity contribution in [3.05, 3.63) is 0 Å². The van der Waals surface area contributed by atoms with Crippen LogP contribution in [0.1, 0.15) is 0 Å². The van der Waals surface area contributed by atoms with Crippen LogP contribution in [0.3, 0.4) is 0 Å². The van der Waals surface area contributed by atoms with Gasteiger partial charge in [-0.2, -0.15) is 0 Å². The maximum atomic E-state index is 8.19. The molecule has 0 spiro atoms. The second-order valence-electron chi connectivity index (χ2n) is 0. The summed E-state index contributed by atoms with van der Waals surface area (Å²) < 4.78 is 8.19. The van der Waals surface area contributed by atoms with E-state index in [0.29, 0.717) is 0 Å². The van der Waals surface area contributed by atoms with Gasteiger partial charge in [0.05, 0.1) is 0 Å². The quantitative estimate of drug-likeness (QED) is 0.481.